The van der Waals surface area contributed by atoms with Gasteiger partial charge in [0.15, 0.2) is 0 Å². The molecule has 3 fully saturated rings. The monoisotopic (exact) mass is 318 g/mol. The summed E-state index contributed by atoms with van der Waals surface area (Å²) in [6, 6.07) is 4.46. The molecule has 2 N–H and O–H groups in total. The van der Waals surface area contributed by atoms with Crippen LogP contribution in [-0.4, -0.2) is 47.6 Å². The lowest BCUT2D eigenvalue weighted by Crippen LogP contribution is -2.62. The first-order valence-corrected chi connectivity index (χ1v) is 8.54. The summed E-state index contributed by atoms with van der Waals surface area (Å²) in [4.78, 5) is 18.7. The van der Waals surface area contributed by atoms with Crippen molar-refractivity contribution >= 4 is 5.91 Å². The highest BCUT2D eigenvalue weighted by Crippen LogP contribution is 2.44. The van der Waals surface area contributed by atoms with Crippen LogP contribution in [0.2, 0.25) is 0 Å². The first-order valence-electron chi connectivity index (χ1n) is 8.54. The van der Waals surface area contributed by atoms with E-state index in [0.29, 0.717) is 18.4 Å². The molecule has 1 amide bonds. The molecule has 0 bridgehead atoms. The molecule has 5 unspecified atom stereocenters. The first-order chi connectivity index (χ1) is 11.3. The quantitative estimate of drug-likeness (QED) is 0.880. The molecule has 3 heterocycles. The van der Waals surface area contributed by atoms with Crippen LogP contribution in [0.5, 0.6) is 0 Å². The number of rotatable bonds is 3. The fourth-order valence-electron chi connectivity index (χ4n) is 4.79. The maximum atomic E-state index is 13.0. The maximum absolute atomic E-state index is 13.0. The number of likely N-dealkylation sites (tertiary alicyclic amines) is 1. The van der Waals surface area contributed by atoms with E-state index in [1.807, 2.05) is 17.3 Å². The van der Waals surface area contributed by atoms with Crippen LogP contribution >= 0.6 is 0 Å². The molecule has 0 spiro atoms. The standard InChI is InChI=1S/C17H23FN4O/c18-5-8-22-15-9-12(11-3-6-19-7-4-11)1-2-13(15)16-14(17(22)23)10-20-21-16/h3-4,6-7,12-16,20-21H,1-2,5,8-10H2. The molecule has 4 rings (SSSR count). The van der Waals surface area contributed by atoms with E-state index in [-0.39, 0.29) is 30.5 Å². The molecule has 1 aliphatic carbocycles. The molecular formula is C17H23FN4O. The minimum Gasteiger partial charge on any atom is -0.336 e. The van der Waals surface area contributed by atoms with Crippen molar-refractivity contribution < 1.29 is 9.18 Å². The summed E-state index contributed by atoms with van der Waals surface area (Å²) >= 11 is 0. The normalized spacial score (nSPS) is 36.7. The third-order valence-corrected chi connectivity index (χ3v) is 5.86. The fourth-order valence-corrected chi connectivity index (χ4v) is 4.79. The van der Waals surface area contributed by atoms with E-state index < -0.39 is 6.67 Å². The summed E-state index contributed by atoms with van der Waals surface area (Å²) in [5.41, 5.74) is 7.72. The van der Waals surface area contributed by atoms with Gasteiger partial charge in [-0.1, -0.05) is 0 Å². The van der Waals surface area contributed by atoms with E-state index in [2.05, 4.69) is 28.0 Å². The number of carbonyl (C=O) groups is 1. The van der Waals surface area contributed by atoms with Crippen molar-refractivity contribution in [3.63, 3.8) is 0 Å². The number of aromatic nitrogens is 1. The third kappa shape index (κ3) is 2.54. The van der Waals surface area contributed by atoms with Gasteiger partial charge in [-0.15, -0.1) is 0 Å². The van der Waals surface area contributed by atoms with Gasteiger partial charge in [0.05, 0.1) is 5.92 Å². The van der Waals surface area contributed by atoms with Crippen molar-refractivity contribution in [3.8, 4) is 0 Å². The van der Waals surface area contributed by atoms with Crippen LogP contribution in [0, 0.1) is 11.8 Å². The summed E-state index contributed by atoms with van der Waals surface area (Å²) in [7, 11) is 0. The van der Waals surface area contributed by atoms with Crippen LogP contribution in [0.15, 0.2) is 24.5 Å². The number of piperidine rings is 1. The molecule has 23 heavy (non-hydrogen) atoms. The van der Waals surface area contributed by atoms with Crippen LogP contribution in [0.4, 0.5) is 4.39 Å². The zero-order valence-corrected chi connectivity index (χ0v) is 13.1. The Kier molecular flexibility index (Phi) is 4.03. The zero-order chi connectivity index (χ0) is 15.8. The topological polar surface area (TPSA) is 57.3 Å². The summed E-state index contributed by atoms with van der Waals surface area (Å²) in [6.45, 7) is 0.419. The average Bonchev–Trinajstić information content (AvgIpc) is 3.09. The predicted molar refractivity (Wildman–Crippen MR) is 84.2 cm³/mol. The van der Waals surface area contributed by atoms with Crippen molar-refractivity contribution in [2.45, 2.75) is 37.3 Å². The van der Waals surface area contributed by atoms with E-state index in [4.69, 9.17) is 0 Å². The lowest BCUT2D eigenvalue weighted by molar-refractivity contribution is -0.147. The van der Waals surface area contributed by atoms with Gasteiger partial charge in [0.1, 0.15) is 6.67 Å². The Labute approximate surface area is 135 Å². The number of nitrogens with one attached hydrogen (secondary N) is 2. The summed E-state index contributed by atoms with van der Waals surface area (Å²) < 4.78 is 13.0. The smallest absolute Gasteiger partial charge is 0.229 e. The maximum Gasteiger partial charge on any atom is 0.229 e. The van der Waals surface area contributed by atoms with Crippen LogP contribution in [0.3, 0.4) is 0 Å². The van der Waals surface area contributed by atoms with Crippen molar-refractivity contribution in [1.82, 2.24) is 20.7 Å². The predicted octanol–water partition coefficient (Wildman–Crippen LogP) is 1.24. The van der Waals surface area contributed by atoms with Crippen LogP contribution in [0.25, 0.3) is 0 Å². The number of pyridine rings is 1. The van der Waals surface area contributed by atoms with Gasteiger partial charge >= 0.3 is 0 Å². The second-order valence-electron chi connectivity index (χ2n) is 6.90. The largest absolute Gasteiger partial charge is 0.336 e. The second kappa shape index (κ2) is 6.17. The zero-order valence-electron chi connectivity index (χ0n) is 13.1. The molecule has 5 nitrogen and oxygen atoms in total. The summed E-state index contributed by atoms with van der Waals surface area (Å²) in [6.07, 6.45) is 6.76. The van der Waals surface area contributed by atoms with Gasteiger partial charge in [0, 0.05) is 37.6 Å². The Bertz CT molecular complexity index is 569. The van der Waals surface area contributed by atoms with E-state index in [0.717, 1.165) is 19.3 Å². The molecule has 3 aliphatic rings. The molecule has 0 radical (unpaired) electrons. The van der Waals surface area contributed by atoms with Gasteiger partial charge in [-0.25, -0.2) is 4.39 Å². The summed E-state index contributed by atoms with van der Waals surface area (Å²) in [5.74, 6) is 0.916. The van der Waals surface area contributed by atoms with E-state index in [9.17, 15) is 9.18 Å². The Hall–Kier alpha value is -1.53. The molecule has 5 atom stereocenters. The Balaban J connectivity index is 1.60. The summed E-state index contributed by atoms with van der Waals surface area (Å²) in [5, 5.41) is 0. The molecule has 2 aliphatic heterocycles. The molecule has 0 aromatic carbocycles. The number of halogens is 1. The van der Waals surface area contributed by atoms with Crippen LogP contribution in [0.1, 0.15) is 30.7 Å². The number of amides is 1. The minimum atomic E-state index is -0.465. The van der Waals surface area contributed by atoms with Gasteiger partial charge < -0.3 is 4.90 Å². The first kappa shape index (κ1) is 15.0. The SMILES string of the molecule is O=C1C2CNNC2C2CCC(c3ccncc3)CC2N1CCF. The number of fused-ring (bicyclic) bond motifs is 3. The highest BCUT2D eigenvalue weighted by Gasteiger charge is 2.51. The van der Waals surface area contributed by atoms with Crippen molar-refractivity contribution in [3.05, 3.63) is 30.1 Å². The third-order valence-electron chi connectivity index (χ3n) is 5.86. The number of hydrogen-bond donors (Lipinski definition) is 2. The second-order valence-corrected chi connectivity index (χ2v) is 6.90. The number of carbonyl (C=O) groups excluding carboxylic acids is 1. The number of hydrogen-bond acceptors (Lipinski definition) is 4. The number of alkyl halides is 1. The van der Waals surface area contributed by atoms with E-state index in [1.54, 1.807) is 0 Å². The van der Waals surface area contributed by atoms with Gasteiger partial charge in [-0.3, -0.25) is 20.6 Å². The van der Waals surface area contributed by atoms with E-state index >= 15 is 0 Å². The molecular weight excluding hydrogens is 295 g/mol. The highest BCUT2D eigenvalue weighted by molar-refractivity contribution is 5.81. The van der Waals surface area contributed by atoms with Gasteiger partial charge in [-0.2, -0.15) is 0 Å². The highest BCUT2D eigenvalue weighted by atomic mass is 19.1. The van der Waals surface area contributed by atoms with Gasteiger partial charge in [0.2, 0.25) is 5.91 Å². The van der Waals surface area contributed by atoms with E-state index in [1.165, 1.54) is 5.56 Å². The Morgan fingerprint density at radius 2 is 2.13 bits per heavy atom. The Morgan fingerprint density at radius 1 is 1.30 bits per heavy atom. The lowest BCUT2D eigenvalue weighted by Gasteiger charge is -2.50. The lowest BCUT2D eigenvalue weighted by atomic mass is 9.67. The molecule has 2 saturated heterocycles. The molecule has 1 aromatic rings. The number of nitrogens with zero attached hydrogens (tertiary/aromatic N) is 2. The van der Waals surface area contributed by atoms with Crippen molar-refractivity contribution in [2.75, 3.05) is 19.8 Å². The molecule has 124 valence electrons. The molecule has 1 saturated carbocycles. The molecule has 1 aromatic heterocycles. The van der Waals surface area contributed by atoms with Gasteiger partial charge in [-0.05, 0) is 48.8 Å². The van der Waals surface area contributed by atoms with Crippen molar-refractivity contribution in [2.24, 2.45) is 11.8 Å². The number of hydrazine groups is 1. The van der Waals surface area contributed by atoms with Crippen molar-refractivity contribution in [1.29, 1.82) is 0 Å². The molecule has 6 heteroatoms. The van der Waals surface area contributed by atoms with Gasteiger partial charge in [0.25, 0.3) is 0 Å². The van der Waals surface area contributed by atoms with Crippen LogP contribution < -0.4 is 10.9 Å². The fraction of sp³-hybridized carbons (Fsp3) is 0.647. The Morgan fingerprint density at radius 3 is 2.91 bits per heavy atom. The van der Waals surface area contributed by atoms with Crippen LogP contribution in [-0.2, 0) is 4.79 Å². The minimum absolute atomic E-state index is 0.0414. The average molecular weight is 318 g/mol.